The summed E-state index contributed by atoms with van der Waals surface area (Å²) in [5.74, 6) is -3.26. The third kappa shape index (κ3) is 7.80. The number of carbonyl (C=O) groups is 2. The fraction of sp³-hybridized carbons (Fsp3) is 0.483. The number of nitrogens with zero attached hydrogens (tertiary/aromatic N) is 2. The van der Waals surface area contributed by atoms with Gasteiger partial charge in [0.25, 0.3) is 0 Å². The summed E-state index contributed by atoms with van der Waals surface area (Å²) in [6.07, 6.45) is 5.57. The molecule has 0 bridgehead atoms. The topological polar surface area (TPSA) is 109 Å². The lowest BCUT2D eigenvalue weighted by atomic mass is 9.63. The fourth-order valence-electron chi connectivity index (χ4n) is 5.37. The Hall–Kier alpha value is -2.95. The van der Waals surface area contributed by atoms with Crippen LogP contribution in [0.25, 0.3) is 0 Å². The minimum Gasteiger partial charge on any atom is -0.391 e. The van der Waals surface area contributed by atoms with Gasteiger partial charge in [0.2, 0.25) is 11.8 Å². The molecular weight excluding hydrogens is 522 g/mol. The molecule has 1 unspecified atom stereocenters. The molecule has 212 valence electrons. The molecule has 39 heavy (non-hydrogen) atoms. The van der Waals surface area contributed by atoms with Crippen LogP contribution in [0.1, 0.15) is 50.5 Å². The number of hydrogen-bond acceptors (Lipinski definition) is 6. The molecule has 3 rings (SSSR count). The van der Waals surface area contributed by atoms with Crippen molar-refractivity contribution in [2.24, 2.45) is 17.1 Å². The Morgan fingerprint density at radius 1 is 1.21 bits per heavy atom. The monoisotopic (exact) mass is 560 g/mol. The van der Waals surface area contributed by atoms with E-state index in [1.807, 2.05) is 13.8 Å². The van der Waals surface area contributed by atoms with E-state index in [0.29, 0.717) is 30.8 Å². The molecule has 1 heterocycles. The van der Waals surface area contributed by atoms with Crippen molar-refractivity contribution in [1.82, 2.24) is 15.2 Å². The molecule has 10 heteroatoms. The number of thiazole rings is 1. The van der Waals surface area contributed by atoms with Gasteiger partial charge in [0, 0.05) is 54.8 Å². The van der Waals surface area contributed by atoms with Crippen molar-refractivity contribution in [2.75, 3.05) is 19.6 Å². The minimum atomic E-state index is -1.46. The molecule has 4 N–H and O–H groups in total. The van der Waals surface area contributed by atoms with Gasteiger partial charge in [-0.05, 0) is 50.3 Å². The van der Waals surface area contributed by atoms with E-state index >= 15 is 0 Å². The summed E-state index contributed by atoms with van der Waals surface area (Å²) >= 11 is 1.46. The summed E-state index contributed by atoms with van der Waals surface area (Å²) in [6.45, 7) is 7.46. The molecule has 0 fully saturated rings. The van der Waals surface area contributed by atoms with Crippen LogP contribution in [-0.4, -0.2) is 52.5 Å². The third-order valence-corrected chi connectivity index (χ3v) is 7.80. The van der Waals surface area contributed by atoms with Crippen molar-refractivity contribution in [2.45, 2.75) is 59.1 Å². The van der Waals surface area contributed by atoms with Crippen molar-refractivity contribution >= 4 is 23.2 Å². The summed E-state index contributed by atoms with van der Waals surface area (Å²) < 4.78 is 28.2. The molecular formula is C29H38F2N4O3S. The van der Waals surface area contributed by atoms with Gasteiger partial charge in [0.15, 0.2) is 0 Å². The second-order valence-corrected chi connectivity index (χ2v) is 11.2. The van der Waals surface area contributed by atoms with Crippen LogP contribution < -0.4 is 11.1 Å². The second-order valence-electron chi connectivity index (χ2n) is 10.2. The number of rotatable bonds is 14. The minimum absolute atomic E-state index is 0.0171. The Morgan fingerprint density at radius 3 is 2.44 bits per heavy atom. The Morgan fingerprint density at radius 2 is 1.87 bits per heavy atom. The maximum Gasteiger partial charge on any atom is 0.249 e. The number of aliphatic hydroxyl groups excluding tert-OH is 1. The van der Waals surface area contributed by atoms with Crippen molar-refractivity contribution < 1.29 is 23.5 Å². The van der Waals surface area contributed by atoms with Crippen LogP contribution in [0.4, 0.5) is 8.78 Å². The molecule has 0 saturated carbocycles. The van der Waals surface area contributed by atoms with Crippen LogP contribution >= 0.6 is 11.3 Å². The molecule has 1 aliphatic carbocycles. The number of benzene rings is 1. The fourth-order valence-corrected chi connectivity index (χ4v) is 5.94. The van der Waals surface area contributed by atoms with Crippen molar-refractivity contribution in [3.05, 3.63) is 75.3 Å². The number of amides is 2. The molecule has 2 aromatic rings. The largest absolute Gasteiger partial charge is 0.391 e. The zero-order valence-corrected chi connectivity index (χ0v) is 23.6. The van der Waals surface area contributed by atoms with Crippen LogP contribution in [0.3, 0.4) is 0 Å². The normalized spacial score (nSPS) is 18.7. The lowest BCUT2D eigenvalue weighted by Gasteiger charge is -2.42. The zero-order chi connectivity index (χ0) is 28.6. The van der Waals surface area contributed by atoms with E-state index in [-0.39, 0.29) is 30.9 Å². The Kier molecular flexibility index (Phi) is 10.9. The molecule has 3 atom stereocenters. The van der Waals surface area contributed by atoms with Gasteiger partial charge in [0.1, 0.15) is 11.6 Å². The number of aliphatic hydroxyl groups is 1. The van der Waals surface area contributed by atoms with E-state index in [0.717, 1.165) is 23.8 Å². The van der Waals surface area contributed by atoms with E-state index in [1.165, 1.54) is 23.5 Å². The highest BCUT2D eigenvalue weighted by Gasteiger charge is 2.48. The van der Waals surface area contributed by atoms with Crippen LogP contribution in [0.2, 0.25) is 0 Å². The van der Waals surface area contributed by atoms with E-state index < -0.39 is 35.0 Å². The first-order valence-electron chi connectivity index (χ1n) is 13.3. The van der Waals surface area contributed by atoms with Crippen molar-refractivity contribution in [1.29, 1.82) is 0 Å². The van der Waals surface area contributed by atoms with Gasteiger partial charge in [-0.15, -0.1) is 11.3 Å². The van der Waals surface area contributed by atoms with Crippen LogP contribution in [0, 0.1) is 23.0 Å². The predicted octanol–water partition coefficient (Wildman–Crippen LogP) is 4.13. The highest BCUT2D eigenvalue weighted by molar-refractivity contribution is 7.09. The number of carbonyl (C=O) groups excluding carboxylic acids is 2. The summed E-state index contributed by atoms with van der Waals surface area (Å²) in [4.78, 5) is 33.6. The maximum atomic E-state index is 14.1. The quantitative estimate of drug-likeness (QED) is 0.322. The van der Waals surface area contributed by atoms with E-state index in [4.69, 9.17) is 5.73 Å². The molecule has 1 aliphatic rings. The van der Waals surface area contributed by atoms with Gasteiger partial charge in [-0.3, -0.25) is 14.6 Å². The smallest absolute Gasteiger partial charge is 0.249 e. The maximum absolute atomic E-state index is 14.1. The van der Waals surface area contributed by atoms with Gasteiger partial charge in [-0.2, -0.15) is 0 Å². The average molecular weight is 561 g/mol. The predicted molar refractivity (Wildman–Crippen MR) is 149 cm³/mol. The van der Waals surface area contributed by atoms with Gasteiger partial charge in [-0.1, -0.05) is 31.6 Å². The number of halogens is 2. The first kappa shape index (κ1) is 30.6. The number of primary amides is 1. The number of allylic oxidation sites excluding steroid dienone is 2. The van der Waals surface area contributed by atoms with Gasteiger partial charge >= 0.3 is 0 Å². The van der Waals surface area contributed by atoms with Crippen molar-refractivity contribution in [3.8, 4) is 0 Å². The Labute approximate surface area is 232 Å². The van der Waals surface area contributed by atoms with E-state index in [9.17, 15) is 23.5 Å². The highest BCUT2D eigenvalue weighted by Crippen LogP contribution is 2.44. The number of nitrogens with two attached hydrogens (primary N) is 1. The molecule has 0 spiro atoms. The summed E-state index contributed by atoms with van der Waals surface area (Å²) in [7, 11) is 0. The van der Waals surface area contributed by atoms with Gasteiger partial charge in [0.05, 0.1) is 17.0 Å². The molecule has 0 saturated heterocycles. The number of hydrogen-bond donors (Lipinski definition) is 3. The van der Waals surface area contributed by atoms with Crippen molar-refractivity contribution in [3.63, 3.8) is 0 Å². The number of aromatic nitrogens is 1. The van der Waals surface area contributed by atoms with Gasteiger partial charge in [-0.25, -0.2) is 8.78 Å². The molecule has 0 radical (unpaired) electrons. The summed E-state index contributed by atoms with van der Waals surface area (Å²) in [5, 5.41) is 14.7. The van der Waals surface area contributed by atoms with Crippen LogP contribution in [0.5, 0.6) is 0 Å². The molecule has 1 aromatic carbocycles. The average Bonchev–Trinajstić information content (AvgIpc) is 3.39. The Balaban J connectivity index is 1.99. The van der Waals surface area contributed by atoms with E-state index in [1.54, 1.807) is 35.7 Å². The van der Waals surface area contributed by atoms with Crippen LogP contribution in [0.15, 0.2) is 53.2 Å². The zero-order valence-electron chi connectivity index (χ0n) is 22.8. The standard InChI is InChI=1S/C29H38F2N4O3S/c1-4-6-35(7-5-2)27(37)21-8-19(3)13-29(14-21,28(32)38)25(11-20-9-22(30)12-23(31)10-20)26(36)17-33-15-24-16-34-18-39-24/h8-10,12-13,16,18,25-26,33,36H,4-7,11,14-15,17H2,1-3H3,(H2,32,38)/t25-,26+,29?/m1/s1. The first-order chi connectivity index (χ1) is 18.6. The SMILES string of the molecule is CCCN(CCC)C(=O)C1=CC(C)=CC(C(N)=O)([C@H](Cc2cc(F)cc(F)c2)[C@@H](O)CNCc2cncs2)C1. The molecule has 1 aromatic heterocycles. The molecule has 0 aliphatic heterocycles. The van der Waals surface area contributed by atoms with Gasteiger partial charge < -0.3 is 21.1 Å². The molecule has 7 nitrogen and oxygen atoms in total. The summed E-state index contributed by atoms with van der Waals surface area (Å²) in [5.41, 5.74) is 7.68. The lowest BCUT2D eigenvalue weighted by Crippen LogP contribution is -2.51. The molecule has 2 amide bonds. The number of nitrogens with one attached hydrogen (secondary N) is 1. The Bertz CT molecular complexity index is 1170. The van der Waals surface area contributed by atoms with Crippen LogP contribution in [-0.2, 0) is 22.6 Å². The highest BCUT2D eigenvalue weighted by atomic mass is 32.1. The first-order valence-corrected chi connectivity index (χ1v) is 14.2. The summed E-state index contributed by atoms with van der Waals surface area (Å²) in [6, 6.07) is 3.15. The third-order valence-electron chi connectivity index (χ3n) is 7.02. The lowest BCUT2D eigenvalue weighted by molar-refractivity contribution is -0.132. The second kappa shape index (κ2) is 13.9. The van der Waals surface area contributed by atoms with E-state index in [2.05, 4.69) is 10.3 Å².